The number of hydrogen-bond acceptors (Lipinski definition) is 3. The van der Waals surface area contributed by atoms with E-state index in [1.54, 1.807) is 31.5 Å². The Hall–Kier alpha value is -2.30. The lowest BCUT2D eigenvalue weighted by Crippen LogP contribution is -2.27. The molecule has 0 fully saturated rings. The lowest BCUT2D eigenvalue weighted by Gasteiger charge is -2.16. The van der Waals surface area contributed by atoms with E-state index in [1.807, 2.05) is 6.07 Å². The van der Waals surface area contributed by atoms with Crippen LogP contribution < -0.4 is 5.56 Å². The highest BCUT2D eigenvalue weighted by Gasteiger charge is 2.13. The van der Waals surface area contributed by atoms with Gasteiger partial charge in [-0.2, -0.15) is 0 Å². The zero-order valence-corrected chi connectivity index (χ0v) is 10.3. The normalized spacial score (nSPS) is 10.3. The van der Waals surface area contributed by atoms with Crippen LogP contribution in [0.5, 0.6) is 0 Å². The topological polar surface area (TPSA) is 55.5 Å². The Balaban J connectivity index is 2.15. The Morgan fingerprint density at radius 1 is 1.39 bits per heavy atom. The summed E-state index contributed by atoms with van der Waals surface area (Å²) in [5, 5.41) is 0. The van der Waals surface area contributed by atoms with E-state index < -0.39 is 0 Å². The predicted molar refractivity (Wildman–Crippen MR) is 66.2 cm³/mol. The molecule has 5 nitrogen and oxygen atoms in total. The molecule has 18 heavy (non-hydrogen) atoms. The smallest absolute Gasteiger partial charge is 0.255 e. The van der Waals surface area contributed by atoms with Crippen LogP contribution >= 0.6 is 0 Å². The van der Waals surface area contributed by atoms with Crippen LogP contribution in [0.1, 0.15) is 15.9 Å². The van der Waals surface area contributed by atoms with Gasteiger partial charge in [0.2, 0.25) is 5.56 Å². The van der Waals surface area contributed by atoms with Crippen LogP contribution in [0.15, 0.2) is 46.1 Å². The van der Waals surface area contributed by atoms with Gasteiger partial charge in [0, 0.05) is 38.5 Å². The molecule has 0 unspecified atom stereocenters. The number of carbonyl (C=O) groups is 1. The Kier molecular flexibility index (Phi) is 3.32. The fourth-order valence-electron chi connectivity index (χ4n) is 1.67. The average molecular weight is 246 g/mol. The second-order valence-electron chi connectivity index (χ2n) is 4.16. The highest BCUT2D eigenvalue weighted by atomic mass is 16.3. The van der Waals surface area contributed by atoms with Crippen molar-refractivity contribution in [3.63, 3.8) is 0 Å². The van der Waals surface area contributed by atoms with Gasteiger partial charge in [0.1, 0.15) is 0 Å². The quantitative estimate of drug-likeness (QED) is 0.819. The molecular formula is C13H14N2O3. The van der Waals surface area contributed by atoms with E-state index in [1.165, 1.54) is 22.9 Å². The second kappa shape index (κ2) is 4.91. The van der Waals surface area contributed by atoms with Crippen LogP contribution in [0.3, 0.4) is 0 Å². The molecule has 0 saturated carbocycles. The summed E-state index contributed by atoms with van der Waals surface area (Å²) in [5.74, 6) is -0.133. The number of hydrogen-bond donors (Lipinski definition) is 0. The van der Waals surface area contributed by atoms with Crippen LogP contribution in [-0.4, -0.2) is 22.4 Å². The molecule has 0 N–H and O–H groups in total. The number of aryl methyl sites for hydroxylation is 1. The molecule has 0 aromatic carbocycles. The fraction of sp³-hybridized carbons (Fsp3) is 0.231. The highest BCUT2D eigenvalue weighted by molar-refractivity contribution is 5.93. The van der Waals surface area contributed by atoms with Crippen LogP contribution in [0.4, 0.5) is 0 Å². The maximum absolute atomic E-state index is 12.1. The van der Waals surface area contributed by atoms with Gasteiger partial charge in [-0.25, -0.2) is 0 Å². The number of aromatic nitrogens is 1. The second-order valence-corrected chi connectivity index (χ2v) is 4.16. The Bertz CT molecular complexity index is 599. The Morgan fingerprint density at radius 2 is 2.17 bits per heavy atom. The maximum atomic E-state index is 12.1. The molecule has 2 aromatic rings. The lowest BCUT2D eigenvalue weighted by molar-refractivity contribution is 0.0784. The third-order valence-electron chi connectivity index (χ3n) is 2.68. The minimum atomic E-state index is -0.135. The van der Waals surface area contributed by atoms with Gasteiger partial charge in [0.05, 0.1) is 18.1 Å². The first-order valence-electron chi connectivity index (χ1n) is 5.51. The number of carbonyl (C=O) groups excluding carboxylic acids is 1. The van der Waals surface area contributed by atoms with Crippen molar-refractivity contribution in [2.24, 2.45) is 7.05 Å². The molecule has 2 rings (SSSR count). The van der Waals surface area contributed by atoms with Crippen molar-refractivity contribution in [2.45, 2.75) is 6.54 Å². The van der Waals surface area contributed by atoms with Crippen molar-refractivity contribution in [1.82, 2.24) is 9.47 Å². The molecule has 0 aliphatic heterocycles. The average Bonchev–Trinajstić information content (AvgIpc) is 2.84. The van der Waals surface area contributed by atoms with Gasteiger partial charge in [0.25, 0.3) is 5.91 Å². The molecule has 0 bridgehead atoms. The van der Waals surface area contributed by atoms with Crippen molar-refractivity contribution in [1.29, 1.82) is 0 Å². The zero-order valence-electron chi connectivity index (χ0n) is 10.3. The van der Waals surface area contributed by atoms with E-state index in [-0.39, 0.29) is 11.5 Å². The molecule has 0 radical (unpaired) electrons. The standard InChI is InChI=1S/C13H14N2O3/c1-14-8-11(3-4-12(14)16)13(17)15(2)7-10-5-6-18-9-10/h3-6,8-9H,7H2,1-2H3. The van der Waals surface area contributed by atoms with Crippen molar-refractivity contribution in [3.8, 4) is 0 Å². The fourth-order valence-corrected chi connectivity index (χ4v) is 1.67. The minimum absolute atomic E-state index is 0.133. The summed E-state index contributed by atoms with van der Waals surface area (Å²) in [6.45, 7) is 0.470. The van der Waals surface area contributed by atoms with Crippen LogP contribution in [0.25, 0.3) is 0 Å². The van der Waals surface area contributed by atoms with Crippen molar-refractivity contribution in [2.75, 3.05) is 7.05 Å². The van der Waals surface area contributed by atoms with Crippen LogP contribution in [0.2, 0.25) is 0 Å². The summed E-state index contributed by atoms with van der Waals surface area (Å²) in [4.78, 5) is 24.9. The summed E-state index contributed by atoms with van der Waals surface area (Å²) >= 11 is 0. The summed E-state index contributed by atoms with van der Waals surface area (Å²) < 4.78 is 6.34. The molecule has 0 atom stereocenters. The van der Waals surface area contributed by atoms with Crippen LogP contribution in [-0.2, 0) is 13.6 Å². The summed E-state index contributed by atoms with van der Waals surface area (Å²) in [6.07, 6.45) is 4.71. The van der Waals surface area contributed by atoms with Crippen LogP contribution in [0, 0.1) is 0 Å². The molecule has 1 amide bonds. The Labute approximate surface area is 104 Å². The van der Waals surface area contributed by atoms with Crippen molar-refractivity contribution >= 4 is 5.91 Å². The van der Waals surface area contributed by atoms with E-state index in [4.69, 9.17) is 4.42 Å². The van der Waals surface area contributed by atoms with E-state index in [0.717, 1.165) is 5.56 Å². The van der Waals surface area contributed by atoms with Gasteiger partial charge in [0.15, 0.2) is 0 Å². The first-order valence-corrected chi connectivity index (χ1v) is 5.51. The molecule has 2 aromatic heterocycles. The molecule has 2 heterocycles. The third kappa shape index (κ3) is 2.51. The first-order chi connectivity index (χ1) is 8.58. The van der Waals surface area contributed by atoms with E-state index >= 15 is 0 Å². The summed E-state index contributed by atoms with van der Waals surface area (Å²) in [6, 6.07) is 4.74. The largest absolute Gasteiger partial charge is 0.472 e. The number of rotatable bonds is 3. The van der Waals surface area contributed by atoms with Gasteiger partial charge in [-0.1, -0.05) is 0 Å². The molecule has 5 heteroatoms. The highest BCUT2D eigenvalue weighted by Crippen LogP contribution is 2.07. The number of pyridine rings is 1. The number of amides is 1. The number of nitrogens with zero attached hydrogens (tertiary/aromatic N) is 2. The maximum Gasteiger partial charge on any atom is 0.255 e. The molecular weight excluding hydrogens is 232 g/mol. The molecule has 0 spiro atoms. The third-order valence-corrected chi connectivity index (χ3v) is 2.68. The van der Waals surface area contributed by atoms with E-state index in [0.29, 0.717) is 12.1 Å². The SMILES string of the molecule is CN(Cc1ccoc1)C(=O)c1ccc(=O)n(C)c1. The van der Waals surface area contributed by atoms with Gasteiger partial charge < -0.3 is 13.9 Å². The van der Waals surface area contributed by atoms with E-state index in [2.05, 4.69) is 0 Å². The van der Waals surface area contributed by atoms with Gasteiger partial charge in [-0.3, -0.25) is 9.59 Å². The van der Waals surface area contributed by atoms with Gasteiger partial charge in [-0.15, -0.1) is 0 Å². The Morgan fingerprint density at radius 3 is 2.78 bits per heavy atom. The zero-order chi connectivity index (χ0) is 13.1. The van der Waals surface area contributed by atoms with Gasteiger partial charge >= 0.3 is 0 Å². The number of furan rings is 1. The lowest BCUT2D eigenvalue weighted by atomic mass is 10.2. The monoisotopic (exact) mass is 246 g/mol. The first kappa shape index (κ1) is 12.2. The van der Waals surface area contributed by atoms with Crippen molar-refractivity contribution < 1.29 is 9.21 Å². The molecule has 94 valence electrons. The molecule has 0 aliphatic rings. The molecule has 0 saturated heterocycles. The predicted octanol–water partition coefficient (Wildman–Crippen LogP) is 1.25. The van der Waals surface area contributed by atoms with Crippen molar-refractivity contribution in [3.05, 3.63) is 58.4 Å². The summed E-state index contributed by atoms with van der Waals surface area (Å²) in [7, 11) is 3.33. The van der Waals surface area contributed by atoms with E-state index in [9.17, 15) is 9.59 Å². The van der Waals surface area contributed by atoms with Gasteiger partial charge in [-0.05, 0) is 12.1 Å². The molecule has 0 aliphatic carbocycles. The minimum Gasteiger partial charge on any atom is -0.472 e. The summed E-state index contributed by atoms with van der Waals surface area (Å²) in [5.41, 5.74) is 1.28.